The summed E-state index contributed by atoms with van der Waals surface area (Å²) in [5, 5.41) is 20.1. The fraction of sp³-hybridized carbons (Fsp3) is 0.385. The lowest BCUT2D eigenvalue weighted by atomic mass is 10.1. The van der Waals surface area contributed by atoms with Crippen molar-refractivity contribution in [3.63, 3.8) is 0 Å². The molecule has 1 unspecified atom stereocenters. The third-order valence-corrected chi connectivity index (χ3v) is 2.63. The Labute approximate surface area is 109 Å². The molecule has 0 saturated heterocycles. The van der Waals surface area contributed by atoms with Crippen molar-refractivity contribution in [2.24, 2.45) is 0 Å². The Hall–Kier alpha value is -2.00. The van der Waals surface area contributed by atoms with Crippen LogP contribution >= 0.6 is 0 Å². The second kappa shape index (κ2) is 6.81. The number of halogens is 2. The number of nitriles is 1. The fourth-order valence-electron chi connectivity index (χ4n) is 1.50. The highest BCUT2D eigenvalue weighted by atomic mass is 19.1. The van der Waals surface area contributed by atoms with E-state index >= 15 is 0 Å². The van der Waals surface area contributed by atoms with Crippen LogP contribution in [0, 0.1) is 23.0 Å². The Kier molecular flexibility index (Phi) is 5.39. The van der Waals surface area contributed by atoms with Crippen LogP contribution in [0.25, 0.3) is 0 Å². The lowest BCUT2D eigenvalue weighted by molar-refractivity contribution is 0.0933. The third-order valence-electron chi connectivity index (χ3n) is 2.63. The average molecular weight is 268 g/mol. The molecule has 0 fully saturated rings. The van der Waals surface area contributed by atoms with Crippen LogP contribution in [0.15, 0.2) is 12.1 Å². The highest BCUT2D eigenvalue weighted by Crippen LogP contribution is 2.15. The smallest absolute Gasteiger partial charge is 0.257 e. The lowest BCUT2D eigenvalue weighted by Crippen LogP contribution is -2.28. The molecule has 1 aromatic carbocycles. The molecular weight excluding hydrogens is 254 g/mol. The molecule has 0 saturated carbocycles. The topological polar surface area (TPSA) is 73.1 Å². The number of carbonyl (C=O) groups excluding carboxylic acids is 1. The summed E-state index contributed by atoms with van der Waals surface area (Å²) in [7, 11) is 0. The summed E-state index contributed by atoms with van der Waals surface area (Å²) in [6, 6.07) is 3.20. The van der Waals surface area contributed by atoms with Crippen molar-refractivity contribution in [2.45, 2.75) is 25.9 Å². The summed E-state index contributed by atoms with van der Waals surface area (Å²) < 4.78 is 27.0. The van der Waals surface area contributed by atoms with Gasteiger partial charge in [-0.2, -0.15) is 5.26 Å². The Balaban J connectivity index is 2.75. The number of carbonyl (C=O) groups is 1. The van der Waals surface area contributed by atoms with Gasteiger partial charge in [0.1, 0.15) is 17.2 Å². The molecule has 6 heteroatoms. The van der Waals surface area contributed by atoms with Crippen molar-refractivity contribution >= 4 is 5.91 Å². The van der Waals surface area contributed by atoms with Gasteiger partial charge < -0.3 is 10.4 Å². The van der Waals surface area contributed by atoms with Crippen molar-refractivity contribution in [3.05, 3.63) is 34.9 Å². The number of amides is 1. The molecule has 2 N–H and O–H groups in total. The molecule has 0 aliphatic heterocycles. The van der Waals surface area contributed by atoms with Gasteiger partial charge in [0.25, 0.3) is 5.91 Å². The molecule has 102 valence electrons. The van der Waals surface area contributed by atoms with Crippen LogP contribution in [0.1, 0.15) is 35.7 Å². The predicted octanol–water partition coefficient (Wildman–Crippen LogP) is 1.73. The zero-order valence-corrected chi connectivity index (χ0v) is 10.4. The molecule has 1 atom stereocenters. The largest absolute Gasteiger partial charge is 0.393 e. The van der Waals surface area contributed by atoms with Gasteiger partial charge in [-0.15, -0.1) is 0 Å². The minimum atomic E-state index is -1.08. The maximum absolute atomic E-state index is 13.5. The number of nitrogens with zero attached hydrogens (tertiary/aromatic N) is 1. The summed E-state index contributed by atoms with van der Waals surface area (Å²) >= 11 is 0. The van der Waals surface area contributed by atoms with Crippen LogP contribution in [-0.4, -0.2) is 23.7 Å². The van der Waals surface area contributed by atoms with Gasteiger partial charge in [0.2, 0.25) is 0 Å². The first-order chi connectivity index (χ1) is 8.99. The minimum Gasteiger partial charge on any atom is -0.393 e. The molecule has 0 aromatic heterocycles. The fourth-order valence-corrected chi connectivity index (χ4v) is 1.50. The monoisotopic (exact) mass is 268 g/mol. The van der Waals surface area contributed by atoms with E-state index in [0.29, 0.717) is 12.8 Å². The van der Waals surface area contributed by atoms with Gasteiger partial charge in [-0.3, -0.25) is 4.79 Å². The molecule has 0 spiro atoms. The summed E-state index contributed by atoms with van der Waals surface area (Å²) in [5.41, 5.74) is -0.905. The van der Waals surface area contributed by atoms with Gasteiger partial charge in [0.15, 0.2) is 0 Å². The summed E-state index contributed by atoms with van der Waals surface area (Å²) in [4.78, 5) is 11.6. The summed E-state index contributed by atoms with van der Waals surface area (Å²) in [6.07, 6.45) is 0.285. The second-order valence-electron chi connectivity index (χ2n) is 4.03. The maximum Gasteiger partial charge on any atom is 0.257 e. The van der Waals surface area contributed by atoms with E-state index < -0.39 is 29.2 Å². The van der Waals surface area contributed by atoms with Gasteiger partial charge >= 0.3 is 0 Å². The number of rotatable bonds is 5. The van der Waals surface area contributed by atoms with Gasteiger partial charge in [0.05, 0.1) is 17.7 Å². The summed E-state index contributed by atoms with van der Waals surface area (Å²) in [5.74, 6) is -3.06. The van der Waals surface area contributed by atoms with E-state index in [-0.39, 0.29) is 12.1 Å². The molecule has 1 aromatic rings. The van der Waals surface area contributed by atoms with Crippen LogP contribution in [0.2, 0.25) is 0 Å². The van der Waals surface area contributed by atoms with E-state index in [9.17, 15) is 18.7 Å². The zero-order valence-electron chi connectivity index (χ0n) is 10.4. The molecular formula is C13H14F2N2O2. The molecule has 1 amide bonds. The van der Waals surface area contributed by atoms with Crippen LogP contribution < -0.4 is 5.32 Å². The van der Waals surface area contributed by atoms with E-state index in [2.05, 4.69) is 5.32 Å². The minimum absolute atomic E-state index is 0.118. The molecule has 0 heterocycles. The second-order valence-corrected chi connectivity index (χ2v) is 4.03. The quantitative estimate of drug-likeness (QED) is 0.854. The van der Waals surface area contributed by atoms with Gasteiger partial charge in [-0.1, -0.05) is 6.92 Å². The first-order valence-corrected chi connectivity index (χ1v) is 5.85. The highest BCUT2D eigenvalue weighted by Gasteiger charge is 2.18. The van der Waals surface area contributed by atoms with Crippen molar-refractivity contribution in [1.82, 2.24) is 5.32 Å². The SMILES string of the molecule is CCC(O)CCNC(=O)c1c(F)cc(C#N)cc1F. The lowest BCUT2D eigenvalue weighted by Gasteiger charge is -2.10. The van der Waals surface area contributed by atoms with E-state index in [0.717, 1.165) is 12.1 Å². The number of hydrogen-bond acceptors (Lipinski definition) is 3. The molecule has 0 aliphatic rings. The van der Waals surface area contributed by atoms with Crippen LogP contribution in [0.4, 0.5) is 8.78 Å². The van der Waals surface area contributed by atoms with E-state index in [1.54, 1.807) is 13.0 Å². The average Bonchev–Trinajstić information content (AvgIpc) is 2.37. The third kappa shape index (κ3) is 4.00. The summed E-state index contributed by atoms with van der Waals surface area (Å²) in [6.45, 7) is 1.90. The van der Waals surface area contributed by atoms with Gasteiger partial charge in [-0.05, 0) is 25.0 Å². The van der Waals surface area contributed by atoms with Crippen LogP contribution in [0.5, 0.6) is 0 Å². The Morgan fingerprint density at radius 2 is 2.05 bits per heavy atom. The van der Waals surface area contributed by atoms with E-state index in [1.807, 2.05) is 0 Å². The highest BCUT2D eigenvalue weighted by molar-refractivity contribution is 5.94. The number of benzene rings is 1. The van der Waals surface area contributed by atoms with Crippen molar-refractivity contribution < 1.29 is 18.7 Å². The first kappa shape index (κ1) is 15.1. The number of nitrogens with one attached hydrogen (secondary N) is 1. The van der Waals surface area contributed by atoms with E-state index in [4.69, 9.17) is 5.26 Å². The van der Waals surface area contributed by atoms with Gasteiger partial charge in [0, 0.05) is 6.54 Å². The molecule has 4 nitrogen and oxygen atoms in total. The Morgan fingerprint density at radius 1 is 1.47 bits per heavy atom. The predicted molar refractivity (Wildman–Crippen MR) is 64.3 cm³/mol. The number of aliphatic hydroxyl groups is 1. The number of hydrogen-bond donors (Lipinski definition) is 2. The standard InChI is InChI=1S/C13H14F2N2O2/c1-2-9(18)3-4-17-13(19)12-10(14)5-8(7-16)6-11(12)15/h5-6,9,18H,2-4H2,1H3,(H,17,19). The zero-order chi connectivity index (χ0) is 14.4. The normalized spacial score (nSPS) is 11.7. The molecule has 1 rings (SSSR count). The van der Waals surface area contributed by atoms with Crippen molar-refractivity contribution in [3.8, 4) is 6.07 Å². The molecule has 0 radical (unpaired) electrons. The Morgan fingerprint density at radius 3 is 2.53 bits per heavy atom. The van der Waals surface area contributed by atoms with Crippen molar-refractivity contribution in [1.29, 1.82) is 5.26 Å². The van der Waals surface area contributed by atoms with E-state index in [1.165, 1.54) is 0 Å². The van der Waals surface area contributed by atoms with Crippen molar-refractivity contribution in [2.75, 3.05) is 6.54 Å². The Bertz CT molecular complexity index is 489. The molecule has 19 heavy (non-hydrogen) atoms. The first-order valence-electron chi connectivity index (χ1n) is 5.85. The van der Waals surface area contributed by atoms with Gasteiger partial charge in [-0.25, -0.2) is 8.78 Å². The van der Waals surface area contributed by atoms with Crippen LogP contribution in [-0.2, 0) is 0 Å². The van der Waals surface area contributed by atoms with Crippen LogP contribution in [0.3, 0.4) is 0 Å². The number of aliphatic hydroxyl groups excluding tert-OH is 1. The molecule has 0 aliphatic carbocycles. The molecule has 0 bridgehead atoms. The maximum atomic E-state index is 13.5.